The van der Waals surface area contributed by atoms with Gasteiger partial charge in [-0.25, -0.2) is 9.67 Å². The number of benzene rings is 1. The van der Waals surface area contributed by atoms with E-state index in [4.69, 9.17) is 28.9 Å². The summed E-state index contributed by atoms with van der Waals surface area (Å²) in [6.07, 6.45) is 3.64. The van der Waals surface area contributed by atoms with Gasteiger partial charge in [-0.15, -0.1) is 5.10 Å². The molecule has 0 spiro atoms. The van der Waals surface area contributed by atoms with Crippen LogP contribution in [0.25, 0.3) is 5.69 Å². The van der Waals surface area contributed by atoms with Crippen LogP contribution in [0.4, 0.5) is 0 Å². The lowest BCUT2D eigenvalue weighted by atomic mass is 10.0. The number of para-hydroxylation sites is 1. The molecule has 1 amide bonds. The number of hydrogen-bond acceptors (Lipinski definition) is 4. The number of nitrogens with one attached hydrogen (secondary N) is 1. The lowest BCUT2D eigenvalue weighted by Gasteiger charge is -2.18. The predicted octanol–water partition coefficient (Wildman–Crippen LogP) is 2.99. The van der Waals surface area contributed by atoms with Crippen LogP contribution in [0, 0.1) is 5.92 Å². The third-order valence-electron chi connectivity index (χ3n) is 4.62. The van der Waals surface area contributed by atoms with E-state index in [1.54, 1.807) is 22.9 Å². The highest BCUT2D eigenvalue weighted by Gasteiger charge is 2.29. The van der Waals surface area contributed by atoms with Crippen LogP contribution in [-0.4, -0.2) is 33.3 Å². The Morgan fingerprint density at radius 1 is 1.36 bits per heavy atom. The standard InChI is InChI=1S/C17H21Cl2N5O/c1-2-14-22-16(17(25)21-13-8-3-5-10(13)9-20)23-24(14)15-11(18)6-4-7-12(15)19/h4,6-7,10,13H,2-3,5,8-9,20H2,1H3,(H,21,25). The molecule has 1 heterocycles. The molecule has 25 heavy (non-hydrogen) atoms. The van der Waals surface area contributed by atoms with Crippen LogP contribution >= 0.6 is 23.2 Å². The summed E-state index contributed by atoms with van der Waals surface area (Å²) in [6.45, 7) is 2.51. The van der Waals surface area contributed by atoms with Gasteiger partial charge in [0.25, 0.3) is 5.91 Å². The Morgan fingerprint density at radius 2 is 2.08 bits per heavy atom. The fourth-order valence-electron chi connectivity index (χ4n) is 3.28. The van der Waals surface area contributed by atoms with Crippen LogP contribution < -0.4 is 11.1 Å². The molecule has 0 bridgehead atoms. The first-order chi connectivity index (χ1) is 12.0. The summed E-state index contributed by atoms with van der Waals surface area (Å²) in [5.74, 6) is 0.772. The molecular weight excluding hydrogens is 361 g/mol. The van der Waals surface area contributed by atoms with Crippen molar-refractivity contribution in [1.82, 2.24) is 20.1 Å². The molecule has 8 heteroatoms. The van der Waals surface area contributed by atoms with Crippen LogP contribution in [0.2, 0.25) is 10.0 Å². The molecule has 6 nitrogen and oxygen atoms in total. The molecule has 1 aliphatic rings. The first kappa shape index (κ1) is 18.2. The Labute approximate surface area is 156 Å². The Kier molecular flexibility index (Phi) is 5.61. The van der Waals surface area contributed by atoms with Crippen LogP contribution in [0.1, 0.15) is 42.6 Å². The number of nitrogens with two attached hydrogens (primary N) is 1. The van der Waals surface area contributed by atoms with E-state index >= 15 is 0 Å². The van der Waals surface area contributed by atoms with Crippen molar-refractivity contribution in [2.75, 3.05) is 6.54 Å². The molecular formula is C17H21Cl2N5O. The molecule has 1 aromatic carbocycles. The number of hydrogen-bond donors (Lipinski definition) is 2. The number of aromatic nitrogens is 3. The monoisotopic (exact) mass is 381 g/mol. The maximum absolute atomic E-state index is 12.6. The van der Waals surface area contributed by atoms with E-state index in [1.165, 1.54) is 0 Å². The minimum Gasteiger partial charge on any atom is -0.346 e. The van der Waals surface area contributed by atoms with Crippen molar-refractivity contribution in [3.63, 3.8) is 0 Å². The van der Waals surface area contributed by atoms with Gasteiger partial charge in [-0.05, 0) is 37.4 Å². The number of aryl methyl sites for hydroxylation is 1. The highest BCUT2D eigenvalue weighted by molar-refractivity contribution is 6.37. The molecule has 134 valence electrons. The highest BCUT2D eigenvalue weighted by atomic mass is 35.5. The molecule has 3 rings (SSSR count). The van der Waals surface area contributed by atoms with Crippen molar-refractivity contribution in [1.29, 1.82) is 0 Å². The molecule has 0 radical (unpaired) electrons. The number of rotatable bonds is 5. The number of nitrogens with zero attached hydrogens (tertiary/aromatic N) is 3. The first-order valence-corrected chi connectivity index (χ1v) is 9.22. The number of carbonyl (C=O) groups excluding carboxylic acids is 1. The summed E-state index contributed by atoms with van der Waals surface area (Å²) in [5, 5.41) is 8.29. The third kappa shape index (κ3) is 3.66. The number of carbonyl (C=O) groups is 1. The smallest absolute Gasteiger partial charge is 0.291 e. The molecule has 2 atom stereocenters. The van der Waals surface area contributed by atoms with Gasteiger partial charge in [0.2, 0.25) is 5.82 Å². The summed E-state index contributed by atoms with van der Waals surface area (Å²) in [4.78, 5) is 17.0. The van der Waals surface area contributed by atoms with Crippen LogP contribution in [-0.2, 0) is 6.42 Å². The molecule has 0 saturated heterocycles. The van der Waals surface area contributed by atoms with Gasteiger partial charge < -0.3 is 11.1 Å². The number of amides is 1. The summed E-state index contributed by atoms with van der Waals surface area (Å²) < 4.78 is 1.55. The lowest BCUT2D eigenvalue weighted by Crippen LogP contribution is -2.40. The minimum absolute atomic E-state index is 0.0819. The van der Waals surface area contributed by atoms with Crippen molar-refractivity contribution in [3.8, 4) is 5.69 Å². The van der Waals surface area contributed by atoms with Gasteiger partial charge in [0.05, 0.1) is 10.0 Å². The van der Waals surface area contributed by atoms with Gasteiger partial charge in [0.15, 0.2) is 0 Å². The molecule has 1 fully saturated rings. The average molecular weight is 382 g/mol. The second-order valence-electron chi connectivity index (χ2n) is 6.19. The molecule has 1 saturated carbocycles. The van der Waals surface area contributed by atoms with Crippen molar-refractivity contribution in [2.45, 2.75) is 38.6 Å². The van der Waals surface area contributed by atoms with Gasteiger partial charge in [0, 0.05) is 12.5 Å². The average Bonchev–Trinajstić information content (AvgIpc) is 3.21. The van der Waals surface area contributed by atoms with Crippen LogP contribution in [0.5, 0.6) is 0 Å². The zero-order valence-electron chi connectivity index (χ0n) is 14.0. The summed E-state index contributed by atoms with van der Waals surface area (Å²) in [6, 6.07) is 5.30. The minimum atomic E-state index is -0.290. The van der Waals surface area contributed by atoms with E-state index in [2.05, 4.69) is 15.4 Å². The summed E-state index contributed by atoms with van der Waals surface area (Å²) in [5.41, 5.74) is 6.32. The maximum Gasteiger partial charge on any atom is 0.291 e. The van der Waals surface area contributed by atoms with Gasteiger partial charge in [-0.3, -0.25) is 4.79 Å². The van der Waals surface area contributed by atoms with E-state index in [0.717, 1.165) is 19.3 Å². The van der Waals surface area contributed by atoms with E-state index < -0.39 is 0 Å². The summed E-state index contributed by atoms with van der Waals surface area (Å²) >= 11 is 12.5. The van der Waals surface area contributed by atoms with Crippen molar-refractivity contribution in [3.05, 3.63) is 39.9 Å². The maximum atomic E-state index is 12.6. The van der Waals surface area contributed by atoms with Crippen molar-refractivity contribution < 1.29 is 4.79 Å². The Balaban J connectivity index is 1.89. The molecule has 1 aliphatic carbocycles. The van der Waals surface area contributed by atoms with Gasteiger partial charge in [0.1, 0.15) is 11.5 Å². The topological polar surface area (TPSA) is 85.8 Å². The molecule has 0 aliphatic heterocycles. The van der Waals surface area contributed by atoms with Crippen molar-refractivity contribution in [2.24, 2.45) is 11.7 Å². The first-order valence-electron chi connectivity index (χ1n) is 8.46. The lowest BCUT2D eigenvalue weighted by molar-refractivity contribution is 0.0918. The molecule has 3 N–H and O–H groups in total. The highest BCUT2D eigenvalue weighted by Crippen LogP contribution is 2.29. The fourth-order valence-corrected chi connectivity index (χ4v) is 3.84. The van der Waals surface area contributed by atoms with Gasteiger partial charge >= 0.3 is 0 Å². The van der Waals surface area contributed by atoms with E-state index in [0.29, 0.717) is 40.4 Å². The SMILES string of the molecule is CCc1nc(C(=O)NC2CCCC2CN)nn1-c1c(Cl)cccc1Cl. The third-order valence-corrected chi connectivity index (χ3v) is 5.23. The summed E-state index contributed by atoms with van der Waals surface area (Å²) in [7, 11) is 0. The van der Waals surface area contributed by atoms with E-state index in [9.17, 15) is 4.79 Å². The van der Waals surface area contributed by atoms with Crippen LogP contribution in [0.3, 0.4) is 0 Å². The second kappa shape index (κ2) is 7.72. The van der Waals surface area contributed by atoms with Crippen LogP contribution in [0.15, 0.2) is 18.2 Å². The Hall–Kier alpha value is -1.63. The zero-order valence-corrected chi connectivity index (χ0v) is 15.5. The fraction of sp³-hybridized carbons (Fsp3) is 0.471. The van der Waals surface area contributed by atoms with E-state index in [-0.39, 0.29) is 17.8 Å². The Bertz CT molecular complexity index is 756. The predicted molar refractivity (Wildman–Crippen MR) is 98.4 cm³/mol. The Morgan fingerprint density at radius 3 is 2.72 bits per heavy atom. The van der Waals surface area contributed by atoms with Crippen molar-refractivity contribution >= 4 is 29.1 Å². The molecule has 2 unspecified atom stereocenters. The van der Waals surface area contributed by atoms with Gasteiger partial charge in [-0.1, -0.05) is 42.6 Å². The largest absolute Gasteiger partial charge is 0.346 e. The molecule has 1 aromatic heterocycles. The van der Waals surface area contributed by atoms with E-state index in [1.807, 2.05) is 6.92 Å². The van der Waals surface area contributed by atoms with Gasteiger partial charge in [-0.2, -0.15) is 0 Å². The normalized spacial score (nSPS) is 20.0. The molecule has 2 aromatic rings. The zero-order chi connectivity index (χ0) is 18.0. The number of halogens is 2. The quantitative estimate of drug-likeness (QED) is 0.833. The second-order valence-corrected chi connectivity index (χ2v) is 7.01.